The molecule has 3 aromatic rings. The highest BCUT2D eigenvalue weighted by atomic mass is 79.9. The summed E-state index contributed by atoms with van der Waals surface area (Å²) < 4.78 is 1.04. The summed E-state index contributed by atoms with van der Waals surface area (Å²) >= 11 is 3.45. The minimum Gasteiger partial charge on any atom is -0.465 e. The molecule has 1 fully saturated rings. The third-order valence-corrected chi connectivity index (χ3v) is 5.28. The lowest BCUT2D eigenvalue weighted by Gasteiger charge is -2.19. The van der Waals surface area contributed by atoms with Gasteiger partial charge < -0.3 is 10.1 Å². The van der Waals surface area contributed by atoms with Crippen LogP contribution in [0.15, 0.2) is 46.9 Å². The van der Waals surface area contributed by atoms with Crippen LogP contribution in [-0.4, -0.2) is 32.6 Å². The van der Waals surface area contributed by atoms with Crippen molar-refractivity contribution in [2.45, 2.75) is 19.4 Å². The van der Waals surface area contributed by atoms with Crippen molar-refractivity contribution < 1.29 is 9.90 Å². The van der Waals surface area contributed by atoms with Gasteiger partial charge in [-0.3, -0.25) is 4.90 Å². The Morgan fingerprint density at radius 1 is 1.24 bits per heavy atom. The van der Waals surface area contributed by atoms with E-state index < -0.39 is 6.09 Å². The quantitative estimate of drug-likeness (QED) is 0.632. The molecule has 0 spiro atoms. The SMILES string of the molecule is CC1CC(c2nc3cc(-c4ccc(Br)cc4)ccc3[nH]2)N(C(=O)O)C1. The normalized spacial score (nSPS) is 20.3. The molecule has 4 rings (SSSR count). The van der Waals surface area contributed by atoms with Gasteiger partial charge in [-0.25, -0.2) is 9.78 Å². The van der Waals surface area contributed by atoms with Crippen LogP contribution >= 0.6 is 15.9 Å². The number of fused-ring (bicyclic) bond motifs is 1. The first kappa shape index (κ1) is 16.1. The largest absolute Gasteiger partial charge is 0.465 e. The first-order chi connectivity index (χ1) is 12.0. The molecular formula is C19H18BrN3O2. The average Bonchev–Trinajstić information content (AvgIpc) is 3.18. The van der Waals surface area contributed by atoms with Crippen molar-refractivity contribution in [3.8, 4) is 11.1 Å². The number of rotatable bonds is 2. The van der Waals surface area contributed by atoms with Gasteiger partial charge in [0.25, 0.3) is 0 Å². The molecule has 1 aliphatic rings. The molecule has 2 unspecified atom stereocenters. The van der Waals surface area contributed by atoms with Gasteiger partial charge in [0.05, 0.1) is 17.1 Å². The number of aromatic nitrogens is 2. The van der Waals surface area contributed by atoms with E-state index in [-0.39, 0.29) is 6.04 Å². The second-order valence-corrected chi connectivity index (χ2v) is 7.57. The average molecular weight is 400 g/mol. The van der Waals surface area contributed by atoms with Gasteiger partial charge in [0.2, 0.25) is 0 Å². The Morgan fingerprint density at radius 3 is 2.68 bits per heavy atom. The van der Waals surface area contributed by atoms with Crippen molar-refractivity contribution in [3.05, 3.63) is 52.8 Å². The number of H-pyrrole nitrogens is 1. The number of imidazole rings is 1. The summed E-state index contributed by atoms with van der Waals surface area (Å²) in [7, 11) is 0. The highest BCUT2D eigenvalue weighted by Crippen LogP contribution is 2.35. The smallest absolute Gasteiger partial charge is 0.407 e. The molecule has 0 radical (unpaired) electrons. The summed E-state index contributed by atoms with van der Waals surface area (Å²) in [6.07, 6.45) is -0.0866. The topological polar surface area (TPSA) is 69.2 Å². The highest BCUT2D eigenvalue weighted by molar-refractivity contribution is 9.10. The standard InChI is InChI=1S/C19H18BrN3O2/c1-11-8-17(23(10-11)19(24)25)18-21-15-7-4-13(9-16(15)22-18)12-2-5-14(20)6-3-12/h2-7,9,11,17H,8,10H2,1H3,(H,21,22)(H,24,25). The van der Waals surface area contributed by atoms with Crippen molar-refractivity contribution >= 4 is 33.1 Å². The molecule has 5 nitrogen and oxygen atoms in total. The first-order valence-electron chi connectivity index (χ1n) is 8.26. The zero-order valence-electron chi connectivity index (χ0n) is 13.7. The Balaban J connectivity index is 1.71. The van der Waals surface area contributed by atoms with E-state index in [1.807, 2.05) is 24.3 Å². The number of carboxylic acid groups (broad SMARTS) is 1. The van der Waals surface area contributed by atoms with E-state index in [9.17, 15) is 9.90 Å². The van der Waals surface area contributed by atoms with Gasteiger partial charge in [-0.15, -0.1) is 0 Å². The molecular weight excluding hydrogens is 382 g/mol. The minimum atomic E-state index is -0.884. The number of likely N-dealkylation sites (tertiary alicyclic amines) is 1. The molecule has 1 saturated heterocycles. The molecule has 2 aromatic carbocycles. The van der Waals surface area contributed by atoms with Gasteiger partial charge in [-0.1, -0.05) is 41.1 Å². The maximum atomic E-state index is 11.5. The summed E-state index contributed by atoms with van der Waals surface area (Å²) in [5.74, 6) is 1.07. The molecule has 1 aromatic heterocycles. The van der Waals surface area contributed by atoms with Crippen molar-refractivity contribution in [2.75, 3.05) is 6.54 Å². The number of hydrogen-bond donors (Lipinski definition) is 2. The summed E-state index contributed by atoms with van der Waals surface area (Å²) in [6.45, 7) is 2.63. The number of benzene rings is 2. The molecule has 1 amide bonds. The van der Waals surface area contributed by atoms with Gasteiger partial charge in [0.15, 0.2) is 0 Å². The number of halogens is 1. The van der Waals surface area contributed by atoms with Crippen LogP contribution in [0.4, 0.5) is 4.79 Å². The van der Waals surface area contributed by atoms with Crippen molar-refractivity contribution in [1.82, 2.24) is 14.9 Å². The van der Waals surface area contributed by atoms with Crippen molar-refractivity contribution in [3.63, 3.8) is 0 Å². The van der Waals surface area contributed by atoms with E-state index in [1.165, 1.54) is 4.90 Å². The van der Waals surface area contributed by atoms with Crippen molar-refractivity contribution in [2.24, 2.45) is 5.92 Å². The van der Waals surface area contributed by atoms with Gasteiger partial charge in [0.1, 0.15) is 5.82 Å². The van der Waals surface area contributed by atoms with Crippen LogP contribution in [0.3, 0.4) is 0 Å². The molecule has 25 heavy (non-hydrogen) atoms. The number of nitrogens with one attached hydrogen (secondary N) is 1. The molecule has 1 aliphatic heterocycles. The van der Waals surface area contributed by atoms with Gasteiger partial charge >= 0.3 is 6.09 Å². The maximum Gasteiger partial charge on any atom is 0.407 e. The van der Waals surface area contributed by atoms with E-state index in [0.717, 1.165) is 38.9 Å². The lowest BCUT2D eigenvalue weighted by atomic mass is 10.1. The van der Waals surface area contributed by atoms with E-state index in [2.05, 4.69) is 46.0 Å². The fourth-order valence-electron chi connectivity index (χ4n) is 3.52. The van der Waals surface area contributed by atoms with Gasteiger partial charge in [-0.2, -0.15) is 0 Å². The fraction of sp³-hybridized carbons (Fsp3) is 0.263. The maximum absolute atomic E-state index is 11.5. The van der Waals surface area contributed by atoms with Gasteiger partial charge in [-0.05, 0) is 47.7 Å². The molecule has 0 saturated carbocycles. The second-order valence-electron chi connectivity index (χ2n) is 6.65. The van der Waals surface area contributed by atoms with Crippen LogP contribution in [0, 0.1) is 5.92 Å². The predicted octanol–water partition coefficient (Wildman–Crippen LogP) is 5.05. The number of nitrogens with zero attached hydrogens (tertiary/aromatic N) is 2. The summed E-state index contributed by atoms with van der Waals surface area (Å²) in [5.41, 5.74) is 4.00. The molecule has 6 heteroatoms. The van der Waals surface area contributed by atoms with Crippen LogP contribution < -0.4 is 0 Å². The summed E-state index contributed by atoms with van der Waals surface area (Å²) in [5, 5.41) is 9.43. The van der Waals surface area contributed by atoms with E-state index in [1.54, 1.807) is 0 Å². The van der Waals surface area contributed by atoms with E-state index in [4.69, 9.17) is 4.98 Å². The monoisotopic (exact) mass is 399 g/mol. The Morgan fingerprint density at radius 2 is 1.96 bits per heavy atom. The second kappa shape index (κ2) is 6.19. The lowest BCUT2D eigenvalue weighted by Crippen LogP contribution is -2.29. The molecule has 2 N–H and O–H groups in total. The summed E-state index contributed by atoms with van der Waals surface area (Å²) in [4.78, 5) is 21.0. The summed E-state index contributed by atoms with van der Waals surface area (Å²) in [6, 6.07) is 14.1. The van der Waals surface area contributed by atoms with Crippen LogP contribution in [0.1, 0.15) is 25.2 Å². The van der Waals surface area contributed by atoms with Crippen LogP contribution in [0.2, 0.25) is 0 Å². The first-order valence-corrected chi connectivity index (χ1v) is 9.06. The number of hydrogen-bond acceptors (Lipinski definition) is 2. The highest BCUT2D eigenvalue weighted by Gasteiger charge is 2.36. The zero-order valence-corrected chi connectivity index (χ0v) is 15.3. The third kappa shape index (κ3) is 3.02. The Hall–Kier alpha value is -2.34. The zero-order chi connectivity index (χ0) is 17.6. The Bertz CT molecular complexity index is 935. The molecule has 128 valence electrons. The van der Waals surface area contributed by atoms with Crippen molar-refractivity contribution in [1.29, 1.82) is 0 Å². The number of carbonyl (C=O) groups is 1. The van der Waals surface area contributed by atoms with E-state index >= 15 is 0 Å². The van der Waals surface area contributed by atoms with Crippen LogP contribution in [0.25, 0.3) is 22.2 Å². The lowest BCUT2D eigenvalue weighted by molar-refractivity contribution is 0.138. The van der Waals surface area contributed by atoms with E-state index in [0.29, 0.717) is 12.5 Å². The Kier molecular flexibility index (Phi) is 4.00. The van der Waals surface area contributed by atoms with Crippen LogP contribution in [0.5, 0.6) is 0 Å². The van der Waals surface area contributed by atoms with Gasteiger partial charge in [0, 0.05) is 11.0 Å². The number of amides is 1. The molecule has 2 heterocycles. The fourth-order valence-corrected chi connectivity index (χ4v) is 3.79. The molecule has 0 bridgehead atoms. The molecule has 0 aliphatic carbocycles. The number of aromatic amines is 1. The predicted molar refractivity (Wildman–Crippen MR) is 100 cm³/mol. The Labute approximate surface area is 153 Å². The minimum absolute atomic E-state index is 0.198. The third-order valence-electron chi connectivity index (χ3n) is 4.75. The molecule has 2 atom stereocenters. The van der Waals surface area contributed by atoms with Crippen LogP contribution in [-0.2, 0) is 0 Å².